The van der Waals surface area contributed by atoms with Crippen molar-refractivity contribution in [3.05, 3.63) is 53.6 Å². The smallest absolute Gasteiger partial charge is 0.305 e. The van der Waals surface area contributed by atoms with Gasteiger partial charge in [0.25, 0.3) is 0 Å². The zero-order chi connectivity index (χ0) is 15.9. The monoisotopic (exact) mass is 318 g/mol. The zero-order valence-electron chi connectivity index (χ0n) is 12.5. The van der Waals surface area contributed by atoms with E-state index < -0.39 is 0 Å². The van der Waals surface area contributed by atoms with Crippen molar-refractivity contribution in [3.8, 4) is 11.5 Å². The molecule has 0 aliphatic carbocycles. The maximum atomic E-state index is 10.7. The second kappa shape index (κ2) is 7.75. The van der Waals surface area contributed by atoms with Gasteiger partial charge in [-0.2, -0.15) is 0 Å². The van der Waals surface area contributed by atoms with Crippen molar-refractivity contribution < 1.29 is 19.4 Å². The second-order valence-corrected chi connectivity index (χ2v) is 5.83. The fourth-order valence-corrected chi connectivity index (χ4v) is 2.76. The Morgan fingerprint density at radius 1 is 1.18 bits per heavy atom. The van der Waals surface area contributed by atoms with Crippen LogP contribution in [0.25, 0.3) is 0 Å². The summed E-state index contributed by atoms with van der Waals surface area (Å²) < 4.78 is 10.2. The average molecular weight is 318 g/mol. The van der Waals surface area contributed by atoms with E-state index in [1.165, 1.54) is 6.92 Å². The van der Waals surface area contributed by atoms with E-state index in [0.29, 0.717) is 5.75 Å². The highest BCUT2D eigenvalue weighted by atomic mass is 32.2. The third kappa shape index (κ3) is 5.00. The molecular formula is C17H18O4S. The highest BCUT2D eigenvalue weighted by molar-refractivity contribution is 7.98. The number of carbonyl (C=O) groups excluding carboxylic acids is 1. The molecule has 0 amide bonds. The highest BCUT2D eigenvalue weighted by Crippen LogP contribution is 2.28. The van der Waals surface area contributed by atoms with E-state index in [2.05, 4.69) is 0 Å². The van der Waals surface area contributed by atoms with Crippen molar-refractivity contribution in [2.75, 3.05) is 6.79 Å². The van der Waals surface area contributed by atoms with Gasteiger partial charge in [0.1, 0.15) is 11.5 Å². The van der Waals surface area contributed by atoms with Gasteiger partial charge in [-0.3, -0.25) is 4.79 Å². The van der Waals surface area contributed by atoms with Gasteiger partial charge in [-0.15, -0.1) is 11.8 Å². The van der Waals surface area contributed by atoms with Crippen LogP contribution in [0.4, 0.5) is 0 Å². The minimum Gasteiger partial charge on any atom is -0.508 e. The molecule has 4 nitrogen and oxygen atoms in total. The number of aromatic hydroxyl groups is 1. The average Bonchev–Trinajstić information content (AvgIpc) is 2.48. The van der Waals surface area contributed by atoms with Gasteiger partial charge >= 0.3 is 5.97 Å². The molecule has 0 spiro atoms. The van der Waals surface area contributed by atoms with Crippen LogP contribution in [0.2, 0.25) is 0 Å². The number of ether oxygens (including phenoxy) is 2. The molecule has 0 saturated carbocycles. The Morgan fingerprint density at radius 2 is 1.91 bits per heavy atom. The molecule has 0 fully saturated rings. The van der Waals surface area contributed by atoms with Crippen molar-refractivity contribution in [1.29, 1.82) is 0 Å². The van der Waals surface area contributed by atoms with Crippen LogP contribution in [0.1, 0.15) is 18.1 Å². The molecule has 1 N–H and O–H groups in total. The van der Waals surface area contributed by atoms with E-state index >= 15 is 0 Å². The topological polar surface area (TPSA) is 55.8 Å². The maximum absolute atomic E-state index is 10.7. The summed E-state index contributed by atoms with van der Waals surface area (Å²) in [6.07, 6.45) is 0. The van der Waals surface area contributed by atoms with Crippen LogP contribution in [0.3, 0.4) is 0 Å². The lowest BCUT2D eigenvalue weighted by atomic mass is 10.2. The van der Waals surface area contributed by atoms with Crippen molar-refractivity contribution in [1.82, 2.24) is 0 Å². The van der Waals surface area contributed by atoms with E-state index in [0.717, 1.165) is 21.8 Å². The Labute approximate surface area is 134 Å². The third-order valence-electron chi connectivity index (χ3n) is 2.96. The lowest BCUT2D eigenvalue weighted by Crippen LogP contribution is -2.07. The maximum Gasteiger partial charge on any atom is 0.305 e. The molecule has 0 aromatic heterocycles. The predicted molar refractivity (Wildman–Crippen MR) is 86.1 cm³/mol. The summed E-state index contributed by atoms with van der Waals surface area (Å²) in [5, 5.41) is 9.26. The summed E-state index contributed by atoms with van der Waals surface area (Å²) in [4.78, 5) is 11.8. The lowest BCUT2D eigenvalue weighted by Gasteiger charge is -2.10. The second-order valence-electron chi connectivity index (χ2n) is 4.78. The molecule has 0 atom stereocenters. The number of phenolic OH excluding ortho intramolecular Hbond substituents is 1. The molecule has 0 bridgehead atoms. The largest absolute Gasteiger partial charge is 0.508 e. The first-order valence-corrected chi connectivity index (χ1v) is 7.80. The van der Waals surface area contributed by atoms with Gasteiger partial charge in [0, 0.05) is 17.6 Å². The van der Waals surface area contributed by atoms with Crippen LogP contribution in [-0.4, -0.2) is 17.9 Å². The van der Waals surface area contributed by atoms with Gasteiger partial charge < -0.3 is 14.6 Å². The summed E-state index contributed by atoms with van der Waals surface area (Å²) in [5.74, 6) is 1.45. The standard InChI is InChI=1S/C17H18O4S/c1-12-9-16(7-8-17(12)21-11-20-13(2)18)22-10-14-3-5-15(19)6-4-14/h3-9,19H,10-11H2,1-2H3. The minimum absolute atomic E-state index is 0.0732. The van der Waals surface area contributed by atoms with Crippen molar-refractivity contribution in [2.24, 2.45) is 0 Å². The van der Waals surface area contributed by atoms with Gasteiger partial charge in [-0.25, -0.2) is 0 Å². The molecule has 0 aliphatic heterocycles. The van der Waals surface area contributed by atoms with Crippen molar-refractivity contribution in [3.63, 3.8) is 0 Å². The number of hydrogen-bond donors (Lipinski definition) is 1. The molecule has 0 unspecified atom stereocenters. The quantitative estimate of drug-likeness (QED) is 0.497. The molecule has 0 radical (unpaired) electrons. The van der Waals surface area contributed by atoms with Crippen LogP contribution < -0.4 is 4.74 Å². The van der Waals surface area contributed by atoms with Gasteiger partial charge in [0.2, 0.25) is 6.79 Å². The number of aryl methyl sites for hydroxylation is 1. The van der Waals surface area contributed by atoms with Gasteiger partial charge in [0.15, 0.2) is 0 Å². The van der Waals surface area contributed by atoms with Crippen LogP contribution in [0.15, 0.2) is 47.4 Å². The van der Waals surface area contributed by atoms with Gasteiger partial charge in [-0.1, -0.05) is 12.1 Å². The summed E-state index contributed by atoms with van der Waals surface area (Å²) in [6, 6.07) is 13.1. The van der Waals surface area contributed by atoms with Crippen LogP contribution in [0, 0.1) is 6.92 Å². The number of carbonyl (C=O) groups is 1. The summed E-state index contributed by atoms with van der Waals surface area (Å²) in [5.41, 5.74) is 2.14. The summed E-state index contributed by atoms with van der Waals surface area (Å²) in [7, 11) is 0. The lowest BCUT2D eigenvalue weighted by molar-refractivity contribution is -0.147. The van der Waals surface area contributed by atoms with Gasteiger partial charge in [0.05, 0.1) is 0 Å². The minimum atomic E-state index is -0.362. The first kappa shape index (κ1) is 16.2. The van der Waals surface area contributed by atoms with E-state index in [4.69, 9.17) is 9.47 Å². The molecule has 0 heterocycles. The molecule has 5 heteroatoms. The summed E-state index contributed by atoms with van der Waals surface area (Å²) >= 11 is 1.71. The number of hydrogen-bond acceptors (Lipinski definition) is 5. The van der Waals surface area contributed by atoms with Crippen LogP contribution in [0.5, 0.6) is 11.5 Å². The van der Waals surface area contributed by atoms with Crippen LogP contribution in [-0.2, 0) is 15.3 Å². The van der Waals surface area contributed by atoms with Crippen LogP contribution >= 0.6 is 11.8 Å². The van der Waals surface area contributed by atoms with Gasteiger partial charge in [-0.05, 0) is 48.4 Å². The Kier molecular flexibility index (Phi) is 5.72. The highest BCUT2D eigenvalue weighted by Gasteiger charge is 2.03. The van der Waals surface area contributed by atoms with Crippen molar-refractivity contribution >= 4 is 17.7 Å². The van der Waals surface area contributed by atoms with E-state index in [1.54, 1.807) is 23.9 Å². The number of esters is 1. The Hall–Kier alpha value is -2.14. The SMILES string of the molecule is CC(=O)OCOc1ccc(SCc2ccc(O)cc2)cc1C. The van der Waals surface area contributed by atoms with E-state index in [1.807, 2.05) is 37.3 Å². The molecule has 22 heavy (non-hydrogen) atoms. The number of rotatable bonds is 6. The van der Waals surface area contributed by atoms with E-state index in [9.17, 15) is 9.90 Å². The fourth-order valence-electron chi connectivity index (χ4n) is 1.81. The Balaban J connectivity index is 1.91. The predicted octanol–water partition coefficient (Wildman–Crippen LogP) is 3.89. The summed E-state index contributed by atoms with van der Waals surface area (Å²) in [6.45, 7) is 3.23. The fraction of sp³-hybridized carbons (Fsp3) is 0.235. The molecule has 2 aromatic carbocycles. The molecule has 2 aromatic rings. The van der Waals surface area contributed by atoms with Crippen molar-refractivity contribution in [2.45, 2.75) is 24.5 Å². The zero-order valence-corrected chi connectivity index (χ0v) is 13.4. The number of thioether (sulfide) groups is 1. The first-order valence-electron chi connectivity index (χ1n) is 6.82. The normalized spacial score (nSPS) is 10.3. The molecule has 0 aliphatic rings. The molecular weight excluding hydrogens is 300 g/mol. The third-order valence-corrected chi connectivity index (χ3v) is 4.03. The number of benzene rings is 2. The Morgan fingerprint density at radius 3 is 2.55 bits per heavy atom. The van der Waals surface area contributed by atoms with E-state index in [-0.39, 0.29) is 18.5 Å². The molecule has 0 saturated heterocycles. The number of phenols is 1. The molecule has 2 rings (SSSR count). The Bertz CT molecular complexity index is 638. The molecule has 116 valence electrons. The first-order chi connectivity index (χ1) is 10.5.